The SMILES string of the molecule is CC(NCC1CCN(C(=O)OC(C)(C)C)CC1)c1cnn(C)c1. The molecule has 0 spiro atoms. The third-order valence-corrected chi connectivity index (χ3v) is 4.20. The van der Waals surface area contributed by atoms with E-state index in [0.717, 1.165) is 32.5 Å². The maximum Gasteiger partial charge on any atom is 0.410 e. The molecule has 1 amide bonds. The van der Waals surface area contributed by atoms with Gasteiger partial charge in [0.15, 0.2) is 0 Å². The monoisotopic (exact) mass is 322 g/mol. The summed E-state index contributed by atoms with van der Waals surface area (Å²) in [5.74, 6) is 0.604. The van der Waals surface area contributed by atoms with Crippen LogP contribution in [0.25, 0.3) is 0 Å². The molecule has 0 aliphatic carbocycles. The predicted octanol–water partition coefficient (Wildman–Crippen LogP) is 2.72. The number of piperidine rings is 1. The summed E-state index contributed by atoms with van der Waals surface area (Å²) in [6.45, 7) is 10.4. The second-order valence-corrected chi connectivity index (χ2v) is 7.49. The van der Waals surface area contributed by atoms with Gasteiger partial charge in [0.1, 0.15) is 5.60 Å². The van der Waals surface area contributed by atoms with Crippen molar-refractivity contribution >= 4 is 6.09 Å². The van der Waals surface area contributed by atoms with Gasteiger partial charge in [0.2, 0.25) is 0 Å². The number of amides is 1. The fraction of sp³-hybridized carbons (Fsp3) is 0.765. The molecule has 0 saturated carbocycles. The topological polar surface area (TPSA) is 59.4 Å². The van der Waals surface area contributed by atoms with E-state index in [0.29, 0.717) is 12.0 Å². The third-order valence-electron chi connectivity index (χ3n) is 4.20. The molecule has 2 rings (SSSR count). The van der Waals surface area contributed by atoms with E-state index < -0.39 is 5.60 Å². The first kappa shape index (κ1) is 17.8. The van der Waals surface area contributed by atoms with Crippen molar-refractivity contribution in [2.45, 2.75) is 52.2 Å². The third kappa shape index (κ3) is 5.53. The lowest BCUT2D eigenvalue weighted by Crippen LogP contribution is -2.43. The molecule has 1 saturated heterocycles. The van der Waals surface area contributed by atoms with Crippen molar-refractivity contribution in [1.82, 2.24) is 20.0 Å². The molecule has 23 heavy (non-hydrogen) atoms. The van der Waals surface area contributed by atoms with Gasteiger partial charge in [-0.05, 0) is 53.0 Å². The Kier molecular flexibility index (Phi) is 5.68. The number of rotatable bonds is 4. The summed E-state index contributed by atoms with van der Waals surface area (Å²) >= 11 is 0. The van der Waals surface area contributed by atoms with Crippen LogP contribution in [0.1, 0.15) is 52.1 Å². The minimum absolute atomic E-state index is 0.187. The molecular weight excluding hydrogens is 292 g/mol. The molecule has 1 atom stereocenters. The van der Waals surface area contributed by atoms with Crippen molar-refractivity contribution in [1.29, 1.82) is 0 Å². The zero-order valence-electron chi connectivity index (χ0n) is 15.0. The summed E-state index contributed by atoms with van der Waals surface area (Å²) in [6, 6.07) is 0.299. The Morgan fingerprint density at radius 1 is 1.43 bits per heavy atom. The van der Waals surface area contributed by atoms with Crippen LogP contribution < -0.4 is 5.32 Å². The molecule has 1 unspecified atom stereocenters. The molecule has 0 radical (unpaired) electrons. The first-order valence-corrected chi connectivity index (χ1v) is 8.44. The second-order valence-electron chi connectivity index (χ2n) is 7.49. The number of likely N-dealkylation sites (tertiary alicyclic amines) is 1. The second kappa shape index (κ2) is 7.34. The van der Waals surface area contributed by atoms with Gasteiger partial charge in [0, 0.05) is 37.9 Å². The van der Waals surface area contributed by atoms with Crippen LogP contribution in [0.3, 0.4) is 0 Å². The zero-order valence-corrected chi connectivity index (χ0v) is 15.0. The maximum atomic E-state index is 12.1. The number of nitrogens with one attached hydrogen (secondary N) is 1. The number of aromatic nitrogens is 2. The van der Waals surface area contributed by atoms with Crippen molar-refractivity contribution in [2.75, 3.05) is 19.6 Å². The number of carbonyl (C=O) groups is 1. The Bertz CT molecular complexity index is 513. The first-order chi connectivity index (χ1) is 10.7. The van der Waals surface area contributed by atoms with Crippen LogP contribution in [0, 0.1) is 5.92 Å². The number of hydrogen-bond donors (Lipinski definition) is 1. The van der Waals surface area contributed by atoms with E-state index in [1.165, 1.54) is 5.56 Å². The number of ether oxygens (including phenoxy) is 1. The van der Waals surface area contributed by atoms with Crippen molar-refractivity contribution in [3.05, 3.63) is 18.0 Å². The van der Waals surface area contributed by atoms with Crippen molar-refractivity contribution in [3.63, 3.8) is 0 Å². The summed E-state index contributed by atoms with van der Waals surface area (Å²) in [5, 5.41) is 7.79. The van der Waals surface area contributed by atoms with E-state index in [2.05, 4.69) is 17.3 Å². The molecule has 2 heterocycles. The number of nitrogens with zero attached hydrogens (tertiary/aromatic N) is 3. The highest BCUT2D eigenvalue weighted by Crippen LogP contribution is 2.20. The van der Waals surface area contributed by atoms with Crippen LogP contribution in [0.15, 0.2) is 12.4 Å². The Labute approximate surface area is 139 Å². The lowest BCUT2D eigenvalue weighted by atomic mass is 9.96. The van der Waals surface area contributed by atoms with Crippen molar-refractivity contribution in [2.24, 2.45) is 13.0 Å². The number of carbonyl (C=O) groups excluding carboxylic acids is 1. The molecule has 0 bridgehead atoms. The van der Waals surface area contributed by atoms with Crippen LogP contribution in [-0.4, -0.2) is 46.0 Å². The average Bonchev–Trinajstić information content (AvgIpc) is 2.90. The number of aryl methyl sites for hydroxylation is 1. The fourth-order valence-corrected chi connectivity index (χ4v) is 2.77. The largest absolute Gasteiger partial charge is 0.444 e. The Balaban J connectivity index is 1.71. The molecule has 1 aromatic rings. The summed E-state index contributed by atoms with van der Waals surface area (Å²) in [7, 11) is 1.93. The van der Waals surface area contributed by atoms with E-state index in [4.69, 9.17) is 4.74 Å². The zero-order chi connectivity index (χ0) is 17.0. The molecular formula is C17H30N4O2. The summed E-state index contributed by atoms with van der Waals surface area (Å²) < 4.78 is 7.26. The van der Waals surface area contributed by atoms with Crippen molar-refractivity contribution < 1.29 is 9.53 Å². The fourth-order valence-electron chi connectivity index (χ4n) is 2.77. The summed E-state index contributed by atoms with van der Waals surface area (Å²) in [4.78, 5) is 13.9. The van der Waals surface area contributed by atoms with E-state index in [1.807, 2.05) is 49.8 Å². The maximum absolute atomic E-state index is 12.1. The Morgan fingerprint density at radius 2 is 2.09 bits per heavy atom. The minimum atomic E-state index is -0.422. The van der Waals surface area contributed by atoms with Gasteiger partial charge < -0.3 is 15.0 Å². The first-order valence-electron chi connectivity index (χ1n) is 8.44. The quantitative estimate of drug-likeness (QED) is 0.926. The molecule has 1 aliphatic heterocycles. The number of hydrogen-bond acceptors (Lipinski definition) is 4. The van der Waals surface area contributed by atoms with Gasteiger partial charge in [-0.1, -0.05) is 0 Å². The molecule has 0 aromatic carbocycles. The predicted molar refractivity (Wildman–Crippen MR) is 90.2 cm³/mol. The highest BCUT2D eigenvalue weighted by Gasteiger charge is 2.26. The average molecular weight is 322 g/mol. The normalized spacial score (nSPS) is 18.0. The van der Waals surface area contributed by atoms with Crippen LogP contribution in [0.4, 0.5) is 4.79 Å². The lowest BCUT2D eigenvalue weighted by Gasteiger charge is -2.33. The Hall–Kier alpha value is -1.56. The van der Waals surface area contributed by atoms with Gasteiger partial charge in [0.05, 0.1) is 6.20 Å². The minimum Gasteiger partial charge on any atom is -0.444 e. The molecule has 1 fully saturated rings. The van der Waals surface area contributed by atoms with Crippen LogP contribution in [0.5, 0.6) is 0 Å². The van der Waals surface area contributed by atoms with Crippen LogP contribution in [-0.2, 0) is 11.8 Å². The standard InChI is InChI=1S/C17H30N4O2/c1-13(15-11-19-20(5)12-15)18-10-14-6-8-21(9-7-14)16(22)23-17(2,3)4/h11-14,18H,6-10H2,1-5H3. The smallest absolute Gasteiger partial charge is 0.410 e. The Morgan fingerprint density at radius 3 is 2.61 bits per heavy atom. The highest BCUT2D eigenvalue weighted by molar-refractivity contribution is 5.68. The highest BCUT2D eigenvalue weighted by atomic mass is 16.6. The van der Waals surface area contributed by atoms with Crippen LogP contribution in [0.2, 0.25) is 0 Å². The van der Waals surface area contributed by atoms with Gasteiger partial charge >= 0.3 is 6.09 Å². The van der Waals surface area contributed by atoms with Crippen LogP contribution >= 0.6 is 0 Å². The lowest BCUT2D eigenvalue weighted by molar-refractivity contribution is 0.0183. The summed E-state index contributed by atoms with van der Waals surface area (Å²) in [6.07, 6.45) is 5.80. The molecule has 1 aromatic heterocycles. The van der Waals surface area contributed by atoms with Crippen molar-refractivity contribution in [3.8, 4) is 0 Å². The van der Waals surface area contributed by atoms with Gasteiger partial charge in [-0.3, -0.25) is 4.68 Å². The van der Waals surface area contributed by atoms with Gasteiger partial charge in [0.25, 0.3) is 0 Å². The molecule has 1 aliphatic rings. The van der Waals surface area contributed by atoms with E-state index >= 15 is 0 Å². The van der Waals surface area contributed by atoms with E-state index in [1.54, 1.807) is 0 Å². The molecule has 1 N–H and O–H groups in total. The summed E-state index contributed by atoms with van der Waals surface area (Å²) in [5.41, 5.74) is 0.785. The molecule has 6 nitrogen and oxygen atoms in total. The van der Waals surface area contributed by atoms with E-state index in [9.17, 15) is 4.79 Å². The van der Waals surface area contributed by atoms with Gasteiger partial charge in [-0.2, -0.15) is 5.10 Å². The van der Waals surface area contributed by atoms with Gasteiger partial charge in [-0.15, -0.1) is 0 Å². The molecule has 6 heteroatoms. The van der Waals surface area contributed by atoms with E-state index in [-0.39, 0.29) is 6.09 Å². The molecule has 130 valence electrons. The van der Waals surface area contributed by atoms with Gasteiger partial charge in [-0.25, -0.2) is 4.79 Å².